The van der Waals surface area contributed by atoms with Crippen molar-refractivity contribution in [1.29, 1.82) is 0 Å². The van der Waals surface area contributed by atoms with E-state index < -0.39 is 15.8 Å². The fourth-order valence-electron chi connectivity index (χ4n) is 1.82. The van der Waals surface area contributed by atoms with E-state index in [4.69, 9.17) is 18.9 Å². The summed E-state index contributed by atoms with van der Waals surface area (Å²) in [5.74, 6) is -0.0817. The molecule has 0 aromatic rings. The zero-order valence-corrected chi connectivity index (χ0v) is 13.8. The molecule has 0 unspecified atom stereocenters. The van der Waals surface area contributed by atoms with E-state index in [1.54, 1.807) is 7.11 Å². The normalized spacial score (nSPS) is 18.2. The van der Waals surface area contributed by atoms with Gasteiger partial charge in [-0.1, -0.05) is 0 Å². The first-order chi connectivity index (χ1) is 10.5. The third-order valence-corrected chi connectivity index (χ3v) is 4.74. The Morgan fingerprint density at radius 1 is 1.00 bits per heavy atom. The Morgan fingerprint density at radius 3 is 2.32 bits per heavy atom. The van der Waals surface area contributed by atoms with Crippen molar-refractivity contribution in [3.8, 4) is 0 Å². The van der Waals surface area contributed by atoms with Gasteiger partial charge in [-0.2, -0.15) is 0 Å². The van der Waals surface area contributed by atoms with Crippen LogP contribution in [0.25, 0.3) is 0 Å². The first kappa shape index (κ1) is 19.3. The zero-order chi connectivity index (χ0) is 16.3. The Morgan fingerprint density at radius 2 is 1.64 bits per heavy atom. The van der Waals surface area contributed by atoms with Crippen LogP contribution in [0.1, 0.15) is 0 Å². The van der Waals surface area contributed by atoms with E-state index >= 15 is 0 Å². The summed E-state index contributed by atoms with van der Waals surface area (Å²) in [6, 6.07) is 0. The standard InChI is InChI=1S/C13H25NO7S/c1-18-6-7-19-8-9-20-12-13(15)21-5-2-14-3-10-22(16,17)11-4-14/h2-12H2,1H3. The van der Waals surface area contributed by atoms with Crippen LogP contribution in [0.4, 0.5) is 0 Å². The van der Waals surface area contributed by atoms with E-state index in [9.17, 15) is 13.2 Å². The van der Waals surface area contributed by atoms with Crippen LogP contribution in [-0.2, 0) is 33.6 Å². The lowest BCUT2D eigenvalue weighted by molar-refractivity contribution is -0.149. The summed E-state index contributed by atoms with van der Waals surface area (Å²) < 4.78 is 42.7. The predicted octanol–water partition coefficient (Wildman–Crippen LogP) is -1.06. The molecule has 1 heterocycles. The number of sulfone groups is 1. The zero-order valence-electron chi connectivity index (χ0n) is 13.0. The van der Waals surface area contributed by atoms with E-state index in [1.165, 1.54) is 0 Å². The molecule has 0 N–H and O–H groups in total. The number of nitrogens with zero attached hydrogens (tertiary/aromatic N) is 1. The van der Waals surface area contributed by atoms with Gasteiger partial charge in [0.2, 0.25) is 0 Å². The molecule has 8 nitrogen and oxygen atoms in total. The number of hydrogen-bond acceptors (Lipinski definition) is 8. The summed E-state index contributed by atoms with van der Waals surface area (Å²) in [5.41, 5.74) is 0. The lowest BCUT2D eigenvalue weighted by Crippen LogP contribution is -2.42. The van der Waals surface area contributed by atoms with Gasteiger partial charge in [0.05, 0.1) is 37.9 Å². The Kier molecular flexibility index (Phi) is 9.56. The Balaban J connectivity index is 1.93. The Bertz CT molecular complexity index is 399. The second-order valence-corrected chi connectivity index (χ2v) is 7.18. The van der Waals surface area contributed by atoms with Crippen LogP contribution >= 0.6 is 0 Å². The fraction of sp³-hybridized carbons (Fsp3) is 0.923. The maximum atomic E-state index is 11.4. The molecule has 0 aromatic carbocycles. The molecule has 1 saturated heterocycles. The van der Waals surface area contributed by atoms with Crippen molar-refractivity contribution in [2.45, 2.75) is 0 Å². The second-order valence-electron chi connectivity index (χ2n) is 4.87. The number of hydrogen-bond donors (Lipinski definition) is 0. The molecule has 22 heavy (non-hydrogen) atoms. The summed E-state index contributed by atoms with van der Waals surface area (Å²) in [6.45, 7) is 3.41. The molecule has 0 radical (unpaired) electrons. The molecule has 0 aromatic heterocycles. The van der Waals surface area contributed by atoms with E-state index in [0.29, 0.717) is 46.1 Å². The van der Waals surface area contributed by atoms with Crippen LogP contribution < -0.4 is 0 Å². The highest BCUT2D eigenvalue weighted by Gasteiger charge is 2.21. The van der Waals surface area contributed by atoms with Gasteiger partial charge in [-0.15, -0.1) is 0 Å². The molecule has 0 spiro atoms. The maximum Gasteiger partial charge on any atom is 0.332 e. The molecule has 1 fully saturated rings. The van der Waals surface area contributed by atoms with Gasteiger partial charge in [-0.05, 0) is 0 Å². The minimum absolute atomic E-state index is 0.109. The number of ether oxygens (including phenoxy) is 4. The molecule has 9 heteroatoms. The molecule has 0 amide bonds. The van der Waals surface area contributed by atoms with Crippen LogP contribution in [0, 0.1) is 0 Å². The third-order valence-electron chi connectivity index (χ3n) is 3.13. The van der Waals surface area contributed by atoms with Gasteiger partial charge in [0.25, 0.3) is 0 Å². The second kappa shape index (κ2) is 10.9. The van der Waals surface area contributed by atoms with Gasteiger partial charge >= 0.3 is 5.97 Å². The van der Waals surface area contributed by atoms with Crippen molar-refractivity contribution >= 4 is 15.8 Å². The van der Waals surface area contributed by atoms with Crippen molar-refractivity contribution in [2.24, 2.45) is 0 Å². The molecule has 0 saturated carbocycles. The topological polar surface area (TPSA) is 91.4 Å². The molecule has 1 aliphatic rings. The van der Waals surface area contributed by atoms with Crippen molar-refractivity contribution in [1.82, 2.24) is 4.90 Å². The van der Waals surface area contributed by atoms with Crippen molar-refractivity contribution in [3.63, 3.8) is 0 Å². The monoisotopic (exact) mass is 339 g/mol. The summed E-state index contributed by atoms with van der Waals surface area (Å²) in [4.78, 5) is 13.4. The first-order valence-corrected chi connectivity index (χ1v) is 9.08. The molecule has 0 aliphatic carbocycles. The molecule has 130 valence electrons. The number of carbonyl (C=O) groups excluding carboxylic acids is 1. The van der Waals surface area contributed by atoms with Gasteiger partial charge in [-0.3, -0.25) is 4.90 Å². The molecule has 0 atom stereocenters. The van der Waals surface area contributed by atoms with Gasteiger partial charge in [0, 0.05) is 26.7 Å². The minimum Gasteiger partial charge on any atom is -0.463 e. The Hall–Kier alpha value is -0.740. The van der Waals surface area contributed by atoms with Gasteiger partial charge < -0.3 is 18.9 Å². The Labute approximate surface area is 131 Å². The summed E-state index contributed by atoms with van der Waals surface area (Å²) in [7, 11) is -1.27. The number of rotatable bonds is 11. The smallest absolute Gasteiger partial charge is 0.332 e. The summed E-state index contributed by atoms with van der Waals surface area (Å²) in [5, 5.41) is 0. The average Bonchev–Trinajstić information content (AvgIpc) is 2.48. The average molecular weight is 339 g/mol. The minimum atomic E-state index is -2.87. The largest absolute Gasteiger partial charge is 0.463 e. The first-order valence-electron chi connectivity index (χ1n) is 7.26. The van der Waals surface area contributed by atoms with Crippen LogP contribution in [-0.4, -0.2) is 97.2 Å². The highest BCUT2D eigenvalue weighted by atomic mass is 32.2. The molecule has 1 rings (SSSR count). The summed E-state index contributed by atoms with van der Waals surface area (Å²) >= 11 is 0. The summed E-state index contributed by atoms with van der Waals surface area (Å²) in [6.07, 6.45) is 0. The van der Waals surface area contributed by atoms with Crippen LogP contribution in [0.15, 0.2) is 0 Å². The maximum absolute atomic E-state index is 11.4. The van der Waals surface area contributed by atoms with Gasteiger partial charge in [0.1, 0.15) is 13.2 Å². The predicted molar refractivity (Wildman–Crippen MR) is 79.6 cm³/mol. The van der Waals surface area contributed by atoms with Crippen molar-refractivity contribution in [2.75, 3.05) is 77.9 Å². The van der Waals surface area contributed by atoms with Crippen LogP contribution in [0.3, 0.4) is 0 Å². The molecule has 1 aliphatic heterocycles. The van der Waals surface area contributed by atoms with E-state index in [1.807, 2.05) is 4.90 Å². The molecule has 0 bridgehead atoms. The lowest BCUT2D eigenvalue weighted by Gasteiger charge is -2.25. The van der Waals surface area contributed by atoms with E-state index in [2.05, 4.69) is 0 Å². The van der Waals surface area contributed by atoms with Crippen LogP contribution in [0.5, 0.6) is 0 Å². The van der Waals surface area contributed by atoms with E-state index in [-0.39, 0.29) is 24.7 Å². The third kappa shape index (κ3) is 9.31. The number of carbonyl (C=O) groups is 1. The SMILES string of the molecule is COCCOCCOCC(=O)OCCN1CCS(=O)(=O)CC1. The quantitative estimate of drug-likeness (QED) is 0.347. The van der Waals surface area contributed by atoms with E-state index in [0.717, 1.165) is 0 Å². The molecular formula is C13H25NO7S. The number of esters is 1. The number of methoxy groups -OCH3 is 1. The fourth-order valence-corrected chi connectivity index (χ4v) is 3.10. The highest BCUT2D eigenvalue weighted by Crippen LogP contribution is 2.02. The van der Waals surface area contributed by atoms with Gasteiger partial charge in [-0.25, -0.2) is 13.2 Å². The molecular weight excluding hydrogens is 314 g/mol. The van der Waals surface area contributed by atoms with Gasteiger partial charge in [0.15, 0.2) is 9.84 Å². The van der Waals surface area contributed by atoms with Crippen molar-refractivity contribution in [3.05, 3.63) is 0 Å². The van der Waals surface area contributed by atoms with Crippen LogP contribution in [0.2, 0.25) is 0 Å². The van der Waals surface area contributed by atoms with Crippen molar-refractivity contribution < 1.29 is 32.2 Å². The highest BCUT2D eigenvalue weighted by molar-refractivity contribution is 7.91. The lowest BCUT2D eigenvalue weighted by atomic mass is 10.5.